The van der Waals surface area contributed by atoms with Crippen LogP contribution in [-0.2, 0) is 16.6 Å². The van der Waals surface area contributed by atoms with Crippen LogP contribution in [0.25, 0.3) is 0 Å². The van der Waals surface area contributed by atoms with Crippen molar-refractivity contribution >= 4 is 21.6 Å². The summed E-state index contributed by atoms with van der Waals surface area (Å²) in [5.41, 5.74) is 3.41. The third-order valence-corrected chi connectivity index (χ3v) is 6.81. The van der Waals surface area contributed by atoms with E-state index >= 15 is 0 Å². The summed E-state index contributed by atoms with van der Waals surface area (Å²) in [6.07, 6.45) is 0. The van der Waals surface area contributed by atoms with Gasteiger partial charge in [-0.3, -0.25) is 9.52 Å². The van der Waals surface area contributed by atoms with Crippen LogP contribution >= 0.6 is 0 Å². The summed E-state index contributed by atoms with van der Waals surface area (Å²) in [6.45, 7) is 5.06. The van der Waals surface area contributed by atoms with Gasteiger partial charge in [0.25, 0.3) is 15.9 Å². The number of anilines is 1. The first-order chi connectivity index (χ1) is 15.7. The molecule has 0 atom stereocenters. The summed E-state index contributed by atoms with van der Waals surface area (Å²) >= 11 is 0. The quantitative estimate of drug-likeness (QED) is 0.590. The number of carbonyl (C=O) groups excluding carboxylic acids is 1. The predicted octanol–water partition coefficient (Wildman–Crippen LogP) is 4.15. The number of nitrogens with zero attached hydrogens (tertiary/aromatic N) is 1. The van der Waals surface area contributed by atoms with E-state index in [0.717, 1.165) is 11.1 Å². The van der Waals surface area contributed by atoms with E-state index in [1.165, 1.54) is 12.1 Å². The van der Waals surface area contributed by atoms with Crippen LogP contribution in [0.3, 0.4) is 0 Å². The maximum Gasteiger partial charge on any atom is 0.261 e. The van der Waals surface area contributed by atoms with Crippen LogP contribution < -0.4 is 14.2 Å². The molecule has 1 N–H and O–H groups in total. The van der Waals surface area contributed by atoms with Crippen molar-refractivity contribution in [2.75, 3.05) is 25.0 Å². The molecule has 8 heteroatoms. The second-order valence-corrected chi connectivity index (χ2v) is 9.77. The molecular formula is C25H26N2O5S. The van der Waals surface area contributed by atoms with E-state index in [0.29, 0.717) is 48.1 Å². The lowest BCUT2D eigenvalue weighted by Crippen LogP contribution is -2.27. The summed E-state index contributed by atoms with van der Waals surface area (Å²) < 4.78 is 39.5. The Balaban J connectivity index is 1.54. The number of hydrogen-bond donors (Lipinski definition) is 1. The second kappa shape index (κ2) is 9.15. The molecule has 3 aromatic carbocycles. The summed E-state index contributed by atoms with van der Waals surface area (Å²) in [4.78, 5) is 14.8. The smallest absolute Gasteiger partial charge is 0.261 e. The highest BCUT2D eigenvalue weighted by Crippen LogP contribution is 2.31. The van der Waals surface area contributed by atoms with Crippen LogP contribution in [0, 0.1) is 13.8 Å². The van der Waals surface area contributed by atoms with Crippen molar-refractivity contribution in [1.82, 2.24) is 4.90 Å². The van der Waals surface area contributed by atoms with Gasteiger partial charge in [0.05, 0.1) is 4.90 Å². The van der Waals surface area contributed by atoms with E-state index in [9.17, 15) is 13.2 Å². The third-order valence-electron chi connectivity index (χ3n) is 5.43. The lowest BCUT2D eigenvalue weighted by molar-refractivity contribution is 0.0783. The fraction of sp³-hybridized carbons (Fsp3) is 0.240. The van der Waals surface area contributed by atoms with Gasteiger partial charge >= 0.3 is 0 Å². The van der Waals surface area contributed by atoms with E-state index < -0.39 is 10.0 Å². The first-order valence-electron chi connectivity index (χ1n) is 10.6. The molecule has 0 radical (unpaired) electrons. The number of rotatable bonds is 6. The van der Waals surface area contributed by atoms with Gasteiger partial charge in [-0.2, -0.15) is 0 Å². The average Bonchev–Trinajstić information content (AvgIpc) is 2.80. The van der Waals surface area contributed by atoms with Gasteiger partial charge < -0.3 is 14.4 Å². The van der Waals surface area contributed by atoms with Gasteiger partial charge in [0.2, 0.25) is 0 Å². The normalized spacial score (nSPS) is 12.8. The van der Waals surface area contributed by atoms with Crippen LogP contribution in [0.4, 0.5) is 5.69 Å². The van der Waals surface area contributed by atoms with Crippen molar-refractivity contribution in [2.45, 2.75) is 25.3 Å². The van der Waals surface area contributed by atoms with Gasteiger partial charge in [0.15, 0.2) is 11.5 Å². The van der Waals surface area contributed by atoms with Crippen molar-refractivity contribution in [3.05, 3.63) is 82.9 Å². The summed E-state index contributed by atoms with van der Waals surface area (Å²) in [6, 6.07) is 17.2. The Labute approximate surface area is 194 Å². The third kappa shape index (κ3) is 5.12. The predicted molar refractivity (Wildman–Crippen MR) is 126 cm³/mol. The molecule has 0 aromatic heterocycles. The van der Waals surface area contributed by atoms with E-state index in [-0.39, 0.29) is 10.8 Å². The number of ether oxygens (including phenoxy) is 2. The molecule has 1 aliphatic heterocycles. The minimum Gasteiger partial charge on any atom is -0.486 e. The Morgan fingerprint density at radius 3 is 2.36 bits per heavy atom. The molecular weight excluding hydrogens is 440 g/mol. The molecule has 33 heavy (non-hydrogen) atoms. The van der Waals surface area contributed by atoms with Crippen molar-refractivity contribution in [1.29, 1.82) is 0 Å². The van der Waals surface area contributed by atoms with E-state index in [4.69, 9.17) is 9.47 Å². The fourth-order valence-corrected chi connectivity index (χ4v) is 4.66. The van der Waals surface area contributed by atoms with Crippen LogP contribution in [0.2, 0.25) is 0 Å². The zero-order chi connectivity index (χ0) is 23.6. The van der Waals surface area contributed by atoms with Gasteiger partial charge in [0, 0.05) is 24.8 Å². The molecule has 0 saturated carbocycles. The highest BCUT2D eigenvalue weighted by Gasteiger charge is 2.21. The lowest BCUT2D eigenvalue weighted by Gasteiger charge is -2.22. The molecule has 0 unspecified atom stereocenters. The Kier molecular flexibility index (Phi) is 6.29. The first-order valence-corrected chi connectivity index (χ1v) is 12.1. The zero-order valence-corrected chi connectivity index (χ0v) is 19.6. The molecule has 0 spiro atoms. The number of carbonyl (C=O) groups is 1. The Hall–Kier alpha value is -3.52. The number of sulfonamides is 1. The highest BCUT2D eigenvalue weighted by atomic mass is 32.2. The fourth-order valence-electron chi connectivity index (χ4n) is 3.57. The summed E-state index contributed by atoms with van der Waals surface area (Å²) in [5, 5.41) is 0. The molecule has 172 valence electrons. The number of benzene rings is 3. The molecule has 0 aliphatic carbocycles. The molecule has 0 saturated heterocycles. The van der Waals surface area contributed by atoms with E-state index in [1.807, 2.05) is 37.3 Å². The van der Waals surface area contributed by atoms with Gasteiger partial charge in [-0.1, -0.05) is 29.8 Å². The van der Waals surface area contributed by atoms with Gasteiger partial charge in [0.1, 0.15) is 13.2 Å². The second-order valence-electron chi connectivity index (χ2n) is 8.09. The molecule has 1 amide bonds. The molecule has 0 bridgehead atoms. The number of fused-ring (bicyclic) bond motifs is 1. The van der Waals surface area contributed by atoms with Gasteiger partial charge in [-0.15, -0.1) is 0 Å². The number of aryl methyl sites for hydroxylation is 2. The number of hydrogen-bond acceptors (Lipinski definition) is 5. The van der Waals surface area contributed by atoms with Crippen molar-refractivity contribution < 1.29 is 22.7 Å². The van der Waals surface area contributed by atoms with Crippen LogP contribution in [0.15, 0.2) is 65.6 Å². The lowest BCUT2D eigenvalue weighted by atomic mass is 10.1. The minimum absolute atomic E-state index is 0.0322. The summed E-state index contributed by atoms with van der Waals surface area (Å²) in [5.74, 6) is 1.08. The zero-order valence-electron chi connectivity index (χ0n) is 18.8. The molecule has 1 aliphatic rings. The monoisotopic (exact) mass is 466 g/mol. The SMILES string of the molecule is Cc1ccc(NS(=O)(=O)c2ccc(C)c(C(=O)N(C)Cc3ccc4c(c3)OCCO4)c2)cc1. The van der Waals surface area contributed by atoms with Crippen molar-refractivity contribution in [3.8, 4) is 11.5 Å². The average molecular weight is 467 g/mol. The van der Waals surface area contributed by atoms with Gasteiger partial charge in [-0.25, -0.2) is 8.42 Å². The largest absolute Gasteiger partial charge is 0.486 e. The highest BCUT2D eigenvalue weighted by molar-refractivity contribution is 7.92. The van der Waals surface area contributed by atoms with Crippen molar-refractivity contribution in [3.63, 3.8) is 0 Å². The van der Waals surface area contributed by atoms with E-state index in [1.54, 1.807) is 37.1 Å². The van der Waals surface area contributed by atoms with Gasteiger partial charge in [-0.05, 0) is 61.4 Å². The minimum atomic E-state index is -3.84. The molecule has 7 nitrogen and oxygen atoms in total. The maximum absolute atomic E-state index is 13.2. The van der Waals surface area contributed by atoms with Crippen LogP contribution in [0.1, 0.15) is 27.0 Å². The maximum atomic E-state index is 13.2. The molecule has 1 heterocycles. The Morgan fingerprint density at radius 2 is 1.64 bits per heavy atom. The topological polar surface area (TPSA) is 84.9 Å². The van der Waals surface area contributed by atoms with Crippen molar-refractivity contribution in [2.24, 2.45) is 0 Å². The molecule has 4 rings (SSSR count). The Bertz CT molecular complexity index is 1290. The van der Waals surface area contributed by atoms with E-state index in [2.05, 4.69) is 4.72 Å². The first kappa shape index (κ1) is 22.7. The number of nitrogens with one attached hydrogen (secondary N) is 1. The van der Waals surface area contributed by atoms with Crippen LogP contribution in [0.5, 0.6) is 11.5 Å². The molecule has 0 fully saturated rings. The number of amides is 1. The summed E-state index contributed by atoms with van der Waals surface area (Å²) in [7, 11) is -2.16. The van der Waals surface area contributed by atoms with Crippen LogP contribution in [-0.4, -0.2) is 39.5 Å². The molecule has 3 aromatic rings. The Morgan fingerprint density at radius 1 is 0.939 bits per heavy atom. The standard InChI is InChI=1S/C25H26N2O5S/c1-17-4-8-20(9-5-17)26-33(29,30)21-10-6-18(2)22(15-21)25(28)27(3)16-19-7-11-23-24(14-19)32-13-12-31-23/h4-11,14-15,26H,12-13,16H2,1-3H3.